The van der Waals surface area contributed by atoms with Crippen molar-refractivity contribution < 1.29 is 9.21 Å². The number of rotatable bonds is 7. The number of nitrogens with zero attached hydrogens (tertiary/aromatic N) is 2. The average molecular weight is 567 g/mol. The summed E-state index contributed by atoms with van der Waals surface area (Å²) in [6.45, 7) is 2.43. The molecule has 40 heavy (non-hydrogen) atoms. The zero-order chi connectivity index (χ0) is 27.6. The van der Waals surface area contributed by atoms with Crippen LogP contribution in [0.1, 0.15) is 35.5 Å². The highest BCUT2D eigenvalue weighted by atomic mass is 35.5. The number of hydrogen-bond donors (Lipinski definition) is 2. The van der Waals surface area contributed by atoms with Gasteiger partial charge < -0.3 is 20.0 Å². The van der Waals surface area contributed by atoms with Crippen molar-refractivity contribution in [2.24, 2.45) is 0 Å². The first kappa shape index (κ1) is 26.0. The van der Waals surface area contributed by atoms with Crippen molar-refractivity contribution in [1.82, 2.24) is 15.2 Å². The minimum Gasteiger partial charge on any atom is -0.459 e. The maximum absolute atomic E-state index is 13.1. The number of thiocarbonyl (C=S) groups is 1. The van der Waals surface area contributed by atoms with Gasteiger partial charge in [0, 0.05) is 40.8 Å². The summed E-state index contributed by atoms with van der Waals surface area (Å²) < 4.78 is 6.44. The summed E-state index contributed by atoms with van der Waals surface area (Å²) in [6, 6.07) is 28.8. The average Bonchev–Trinajstić information content (AvgIpc) is 3.58. The van der Waals surface area contributed by atoms with Gasteiger partial charge in [-0.3, -0.25) is 9.78 Å². The van der Waals surface area contributed by atoms with Gasteiger partial charge in [-0.25, -0.2) is 0 Å². The predicted octanol–water partition coefficient (Wildman–Crippen LogP) is 7.46. The number of hydrogen-bond acceptors (Lipinski definition) is 4. The summed E-state index contributed by atoms with van der Waals surface area (Å²) in [5.41, 5.74) is 3.63. The monoisotopic (exact) mass is 566 g/mol. The van der Waals surface area contributed by atoms with E-state index in [9.17, 15) is 4.79 Å². The molecule has 2 N–H and O–H groups in total. The Morgan fingerprint density at radius 1 is 1.05 bits per heavy atom. The van der Waals surface area contributed by atoms with Crippen LogP contribution in [0.25, 0.3) is 22.1 Å². The first-order valence-corrected chi connectivity index (χ1v) is 13.9. The van der Waals surface area contributed by atoms with E-state index in [0.29, 0.717) is 16.7 Å². The molecule has 6 nitrogen and oxygen atoms in total. The summed E-state index contributed by atoms with van der Waals surface area (Å²) in [5.74, 6) is 1.36. The lowest BCUT2D eigenvalue weighted by Gasteiger charge is -2.26. The smallest absolute Gasteiger partial charge is 0.226 e. The van der Waals surface area contributed by atoms with E-state index in [1.807, 2.05) is 103 Å². The molecule has 0 unspecified atom stereocenters. The molecule has 200 valence electrons. The van der Waals surface area contributed by atoms with E-state index in [1.54, 1.807) is 6.20 Å². The number of fused-ring (bicyclic) bond motifs is 1. The first-order chi connectivity index (χ1) is 19.5. The van der Waals surface area contributed by atoms with E-state index >= 15 is 0 Å². The van der Waals surface area contributed by atoms with Gasteiger partial charge in [-0.15, -0.1) is 0 Å². The van der Waals surface area contributed by atoms with Gasteiger partial charge in [0.25, 0.3) is 0 Å². The molecule has 0 saturated carbocycles. The van der Waals surface area contributed by atoms with Gasteiger partial charge in [0.1, 0.15) is 17.6 Å². The lowest BCUT2D eigenvalue weighted by molar-refractivity contribution is -0.116. The summed E-state index contributed by atoms with van der Waals surface area (Å²) in [7, 11) is 0. The number of amides is 1. The van der Waals surface area contributed by atoms with Crippen LogP contribution in [0, 0.1) is 6.92 Å². The van der Waals surface area contributed by atoms with E-state index < -0.39 is 0 Å². The van der Waals surface area contributed by atoms with Crippen LogP contribution in [-0.2, 0) is 4.79 Å². The molecular formula is C32H27ClN4O2S. The Bertz CT molecular complexity index is 1700. The quantitative estimate of drug-likeness (QED) is 0.199. The third kappa shape index (κ3) is 5.18. The molecule has 1 aliphatic heterocycles. The second kappa shape index (κ2) is 11.1. The van der Waals surface area contributed by atoms with Gasteiger partial charge in [-0.1, -0.05) is 60.1 Å². The number of aryl methyl sites for hydroxylation is 1. The fourth-order valence-electron chi connectivity index (χ4n) is 5.24. The van der Waals surface area contributed by atoms with Crippen molar-refractivity contribution in [3.05, 3.63) is 119 Å². The number of carbonyl (C=O) groups excluding carboxylic acids is 1. The molecule has 0 radical (unpaired) electrons. The van der Waals surface area contributed by atoms with Crippen molar-refractivity contribution in [3.8, 4) is 11.3 Å². The van der Waals surface area contributed by atoms with Crippen LogP contribution in [0.5, 0.6) is 0 Å². The maximum atomic E-state index is 13.1. The number of furan rings is 1. The van der Waals surface area contributed by atoms with Gasteiger partial charge in [-0.05, 0) is 72.6 Å². The van der Waals surface area contributed by atoms with Crippen LogP contribution in [0.4, 0.5) is 5.69 Å². The standard InChI is InChI=1S/C32H27ClN4O2S/c1-20-12-13-22(33)19-24(20)27-14-15-28(39-27)31-30(26-10-4-5-17-34-26)36-32(40)37(31)18-16-29(38)35-25-11-6-8-21-7-2-3-9-23(21)25/h2-15,17,19,30-31H,16,18H2,1H3,(H,35,38)(H,36,40)/t30-,31+/m0/s1. The van der Waals surface area contributed by atoms with Crippen molar-refractivity contribution in [2.75, 3.05) is 11.9 Å². The highest BCUT2D eigenvalue weighted by Crippen LogP contribution is 2.41. The second-order valence-electron chi connectivity index (χ2n) is 9.81. The molecule has 1 saturated heterocycles. The lowest BCUT2D eigenvalue weighted by atomic mass is 10.0. The van der Waals surface area contributed by atoms with Gasteiger partial charge in [0.05, 0.1) is 11.7 Å². The molecule has 1 fully saturated rings. The van der Waals surface area contributed by atoms with E-state index in [-0.39, 0.29) is 24.4 Å². The van der Waals surface area contributed by atoms with Crippen LogP contribution in [0.3, 0.4) is 0 Å². The van der Waals surface area contributed by atoms with E-state index in [0.717, 1.165) is 44.8 Å². The fourth-order valence-corrected chi connectivity index (χ4v) is 5.74. The number of anilines is 1. The Kier molecular flexibility index (Phi) is 7.24. The summed E-state index contributed by atoms with van der Waals surface area (Å²) in [6.07, 6.45) is 2.01. The minimum atomic E-state index is -0.291. The lowest BCUT2D eigenvalue weighted by Crippen LogP contribution is -2.32. The summed E-state index contributed by atoms with van der Waals surface area (Å²) >= 11 is 12.1. The van der Waals surface area contributed by atoms with Gasteiger partial charge in [0.15, 0.2) is 5.11 Å². The first-order valence-electron chi connectivity index (χ1n) is 13.1. The second-order valence-corrected chi connectivity index (χ2v) is 10.6. The molecule has 2 atom stereocenters. The SMILES string of the molecule is Cc1ccc(Cl)cc1-c1ccc([C@@H]2[C@H](c3ccccn3)NC(=S)N2CCC(=O)Nc2cccc3ccccc23)o1. The summed E-state index contributed by atoms with van der Waals surface area (Å²) in [5, 5.41) is 9.78. The molecule has 0 spiro atoms. The number of carbonyl (C=O) groups is 1. The molecule has 1 amide bonds. The van der Waals surface area contributed by atoms with E-state index in [1.165, 1.54) is 0 Å². The minimum absolute atomic E-state index is 0.0890. The molecule has 2 aromatic heterocycles. The van der Waals surface area contributed by atoms with Crippen LogP contribution >= 0.6 is 23.8 Å². The number of halogens is 1. The van der Waals surface area contributed by atoms with E-state index in [4.69, 9.17) is 28.2 Å². The van der Waals surface area contributed by atoms with Crippen molar-refractivity contribution >= 4 is 51.3 Å². The largest absolute Gasteiger partial charge is 0.459 e. The third-order valence-corrected chi connectivity index (χ3v) is 7.81. The molecule has 1 aliphatic rings. The van der Waals surface area contributed by atoms with Gasteiger partial charge in [0.2, 0.25) is 5.91 Å². The Morgan fingerprint density at radius 3 is 2.73 bits per heavy atom. The molecule has 3 aromatic carbocycles. The molecule has 0 bridgehead atoms. The fraction of sp³-hybridized carbons (Fsp3) is 0.156. The third-order valence-electron chi connectivity index (χ3n) is 7.22. The van der Waals surface area contributed by atoms with Crippen LogP contribution in [-0.4, -0.2) is 27.4 Å². The zero-order valence-electron chi connectivity index (χ0n) is 21.8. The van der Waals surface area contributed by atoms with Crippen molar-refractivity contribution in [2.45, 2.75) is 25.4 Å². The summed E-state index contributed by atoms with van der Waals surface area (Å²) in [4.78, 5) is 19.7. The molecule has 5 aromatic rings. The van der Waals surface area contributed by atoms with Gasteiger partial charge in [-0.2, -0.15) is 0 Å². The van der Waals surface area contributed by atoms with Crippen LogP contribution < -0.4 is 10.6 Å². The molecule has 0 aliphatic carbocycles. The van der Waals surface area contributed by atoms with Crippen LogP contribution in [0.2, 0.25) is 5.02 Å². The topological polar surface area (TPSA) is 70.4 Å². The molecule has 6 rings (SSSR count). The molecule has 3 heterocycles. The van der Waals surface area contributed by atoms with Crippen LogP contribution in [0.15, 0.2) is 102 Å². The Morgan fingerprint density at radius 2 is 1.88 bits per heavy atom. The van der Waals surface area contributed by atoms with Crippen molar-refractivity contribution in [3.63, 3.8) is 0 Å². The molecule has 8 heteroatoms. The number of pyridine rings is 1. The number of nitrogens with one attached hydrogen (secondary N) is 2. The highest BCUT2D eigenvalue weighted by molar-refractivity contribution is 7.80. The number of benzene rings is 3. The Hall–Kier alpha value is -4.20. The van der Waals surface area contributed by atoms with Gasteiger partial charge >= 0.3 is 0 Å². The predicted molar refractivity (Wildman–Crippen MR) is 163 cm³/mol. The Labute approximate surface area is 243 Å². The number of aromatic nitrogens is 1. The molecular weight excluding hydrogens is 540 g/mol. The van der Waals surface area contributed by atoms with Crippen molar-refractivity contribution in [1.29, 1.82) is 0 Å². The maximum Gasteiger partial charge on any atom is 0.226 e. The zero-order valence-corrected chi connectivity index (χ0v) is 23.4. The highest BCUT2D eigenvalue weighted by Gasteiger charge is 2.41. The normalized spacial score (nSPS) is 16.8. The van der Waals surface area contributed by atoms with E-state index in [2.05, 4.69) is 15.6 Å². The Balaban J connectivity index is 1.27.